The molecule has 1 aliphatic heterocycles. The number of hydrogen-bond donors (Lipinski definition) is 2. The zero-order valence-corrected chi connectivity index (χ0v) is 11.8. The van der Waals surface area contributed by atoms with Gasteiger partial charge in [0.25, 0.3) is 0 Å². The zero-order valence-electron chi connectivity index (χ0n) is 11.8. The molecule has 1 amide bonds. The molecule has 0 aromatic heterocycles. The summed E-state index contributed by atoms with van der Waals surface area (Å²) >= 11 is 0. The second kappa shape index (κ2) is 7.45. The number of carboxylic acid groups (broad SMARTS) is 1. The zero-order chi connectivity index (χ0) is 14.3. The molecular formula is C13H24N2O4. The number of ether oxygens (including phenoxy) is 1. The van der Waals surface area contributed by atoms with E-state index in [9.17, 15) is 14.7 Å². The molecule has 0 radical (unpaired) electrons. The molecular weight excluding hydrogens is 248 g/mol. The normalized spacial score (nSPS) is 24.1. The molecule has 6 heteroatoms. The van der Waals surface area contributed by atoms with Gasteiger partial charge in [0, 0.05) is 26.8 Å². The summed E-state index contributed by atoms with van der Waals surface area (Å²) in [6.45, 7) is 4.47. The van der Waals surface area contributed by atoms with Gasteiger partial charge in [0.05, 0.1) is 12.0 Å². The fourth-order valence-corrected chi connectivity index (χ4v) is 2.36. The predicted molar refractivity (Wildman–Crippen MR) is 70.9 cm³/mol. The highest BCUT2D eigenvalue weighted by atomic mass is 16.5. The molecule has 19 heavy (non-hydrogen) atoms. The van der Waals surface area contributed by atoms with Gasteiger partial charge in [-0.25, -0.2) is 0 Å². The number of piperidine rings is 1. The summed E-state index contributed by atoms with van der Waals surface area (Å²) in [5.74, 6) is -0.830. The molecule has 0 saturated carbocycles. The van der Waals surface area contributed by atoms with Crippen LogP contribution in [-0.2, 0) is 14.3 Å². The number of carbonyl (C=O) groups is 2. The van der Waals surface area contributed by atoms with E-state index in [1.54, 1.807) is 14.0 Å². The van der Waals surface area contributed by atoms with Gasteiger partial charge in [0.15, 0.2) is 0 Å². The van der Waals surface area contributed by atoms with Crippen LogP contribution in [0.2, 0.25) is 0 Å². The van der Waals surface area contributed by atoms with Gasteiger partial charge in [-0.2, -0.15) is 0 Å². The van der Waals surface area contributed by atoms with Crippen molar-refractivity contribution >= 4 is 11.9 Å². The summed E-state index contributed by atoms with van der Waals surface area (Å²) < 4.78 is 4.90. The molecule has 1 fully saturated rings. The Bertz CT molecular complexity index is 322. The van der Waals surface area contributed by atoms with Crippen LogP contribution in [0.4, 0.5) is 0 Å². The van der Waals surface area contributed by atoms with Crippen molar-refractivity contribution in [1.29, 1.82) is 0 Å². The Balaban J connectivity index is 2.32. The van der Waals surface area contributed by atoms with Gasteiger partial charge < -0.3 is 15.2 Å². The number of nitrogens with one attached hydrogen (secondary N) is 1. The van der Waals surface area contributed by atoms with Gasteiger partial charge in [-0.3, -0.25) is 14.5 Å². The van der Waals surface area contributed by atoms with Crippen LogP contribution in [0.3, 0.4) is 0 Å². The molecule has 0 aromatic rings. The Morgan fingerprint density at radius 2 is 2.21 bits per heavy atom. The first-order chi connectivity index (χ1) is 8.98. The summed E-state index contributed by atoms with van der Waals surface area (Å²) in [6, 6.07) is 0. The molecule has 6 nitrogen and oxygen atoms in total. The lowest BCUT2D eigenvalue weighted by molar-refractivity contribution is -0.151. The highest BCUT2D eigenvalue weighted by molar-refractivity contribution is 5.78. The second-order valence-corrected chi connectivity index (χ2v) is 5.38. The van der Waals surface area contributed by atoms with Crippen LogP contribution < -0.4 is 5.32 Å². The molecule has 0 bridgehead atoms. The van der Waals surface area contributed by atoms with Crippen molar-refractivity contribution in [1.82, 2.24) is 10.2 Å². The summed E-state index contributed by atoms with van der Waals surface area (Å²) in [5.41, 5.74) is -0.728. The number of likely N-dealkylation sites (tertiary alicyclic amines) is 1. The monoisotopic (exact) mass is 272 g/mol. The molecule has 2 N–H and O–H groups in total. The summed E-state index contributed by atoms with van der Waals surface area (Å²) in [5, 5.41) is 12.0. The first-order valence-corrected chi connectivity index (χ1v) is 6.69. The lowest BCUT2D eigenvalue weighted by Gasteiger charge is -2.37. The molecule has 1 unspecified atom stereocenters. The summed E-state index contributed by atoms with van der Waals surface area (Å²) in [4.78, 5) is 24.8. The number of rotatable bonds is 7. The average molecular weight is 272 g/mol. The number of carbonyl (C=O) groups excluding carboxylic acids is 1. The Morgan fingerprint density at radius 3 is 2.84 bits per heavy atom. The van der Waals surface area contributed by atoms with E-state index in [1.807, 2.05) is 4.90 Å². The fraction of sp³-hybridized carbons (Fsp3) is 0.846. The van der Waals surface area contributed by atoms with E-state index in [4.69, 9.17) is 4.74 Å². The van der Waals surface area contributed by atoms with Gasteiger partial charge >= 0.3 is 5.97 Å². The Morgan fingerprint density at radius 1 is 1.47 bits per heavy atom. The first kappa shape index (κ1) is 15.9. The summed E-state index contributed by atoms with van der Waals surface area (Å²) in [7, 11) is 1.63. The molecule has 0 spiro atoms. The van der Waals surface area contributed by atoms with Crippen molar-refractivity contribution in [2.75, 3.05) is 39.9 Å². The third-order valence-corrected chi connectivity index (χ3v) is 3.51. The van der Waals surface area contributed by atoms with Crippen LogP contribution in [0.1, 0.15) is 26.2 Å². The minimum atomic E-state index is -0.780. The van der Waals surface area contributed by atoms with Crippen LogP contribution in [0.5, 0.6) is 0 Å². The highest BCUT2D eigenvalue weighted by Gasteiger charge is 2.38. The Kier molecular flexibility index (Phi) is 6.24. The van der Waals surface area contributed by atoms with Gasteiger partial charge in [0.1, 0.15) is 0 Å². The maximum Gasteiger partial charge on any atom is 0.310 e. The fourth-order valence-electron chi connectivity index (χ4n) is 2.36. The smallest absolute Gasteiger partial charge is 0.310 e. The van der Waals surface area contributed by atoms with Crippen LogP contribution >= 0.6 is 0 Å². The van der Waals surface area contributed by atoms with Crippen LogP contribution in [0.25, 0.3) is 0 Å². The molecule has 1 aliphatic rings. The third-order valence-electron chi connectivity index (χ3n) is 3.51. The summed E-state index contributed by atoms with van der Waals surface area (Å²) in [6.07, 6.45) is 2.28. The minimum absolute atomic E-state index is 0.0502. The number of carboxylic acids is 1. The van der Waals surface area contributed by atoms with Crippen molar-refractivity contribution in [3.05, 3.63) is 0 Å². The first-order valence-electron chi connectivity index (χ1n) is 6.69. The van der Waals surface area contributed by atoms with E-state index in [1.165, 1.54) is 0 Å². The van der Waals surface area contributed by atoms with Crippen LogP contribution in [-0.4, -0.2) is 61.8 Å². The maximum atomic E-state index is 11.7. The van der Waals surface area contributed by atoms with Gasteiger partial charge in [0.2, 0.25) is 5.91 Å². The average Bonchev–Trinajstić information content (AvgIpc) is 2.34. The molecule has 1 saturated heterocycles. The third kappa shape index (κ3) is 5.16. The van der Waals surface area contributed by atoms with Crippen molar-refractivity contribution in [2.24, 2.45) is 5.41 Å². The lowest BCUT2D eigenvalue weighted by atomic mass is 9.82. The van der Waals surface area contributed by atoms with Crippen molar-refractivity contribution in [3.63, 3.8) is 0 Å². The largest absolute Gasteiger partial charge is 0.481 e. The van der Waals surface area contributed by atoms with Crippen molar-refractivity contribution < 1.29 is 19.4 Å². The minimum Gasteiger partial charge on any atom is -0.481 e. The lowest BCUT2D eigenvalue weighted by Crippen LogP contribution is -2.49. The number of aliphatic carboxylic acids is 1. The highest BCUT2D eigenvalue weighted by Crippen LogP contribution is 2.29. The standard InChI is InChI=1S/C13H24N2O4/c1-13(12(17)18)5-3-7-15(10-13)9-11(16)14-6-4-8-19-2/h3-10H2,1-2H3,(H,14,16)(H,17,18). The van der Waals surface area contributed by atoms with Crippen LogP contribution in [0.15, 0.2) is 0 Å². The van der Waals surface area contributed by atoms with Gasteiger partial charge in [-0.1, -0.05) is 0 Å². The Hall–Kier alpha value is -1.14. The molecule has 110 valence electrons. The quantitative estimate of drug-likeness (QED) is 0.653. The molecule has 1 atom stereocenters. The molecule has 1 rings (SSSR count). The second-order valence-electron chi connectivity index (χ2n) is 5.38. The number of methoxy groups -OCH3 is 1. The number of hydrogen-bond acceptors (Lipinski definition) is 4. The number of amides is 1. The number of nitrogens with zero attached hydrogens (tertiary/aromatic N) is 1. The molecule has 1 heterocycles. The van der Waals surface area contributed by atoms with E-state index in [0.29, 0.717) is 26.1 Å². The van der Waals surface area contributed by atoms with E-state index < -0.39 is 11.4 Å². The van der Waals surface area contributed by atoms with E-state index in [-0.39, 0.29) is 12.5 Å². The van der Waals surface area contributed by atoms with Crippen LogP contribution in [0, 0.1) is 5.41 Å². The van der Waals surface area contributed by atoms with Crippen molar-refractivity contribution in [3.8, 4) is 0 Å². The van der Waals surface area contributed by atoms with Crippen molar-refractivity contribution in [2.45, 2.75) is 26.2 Å². The van der Waals surface area contributed by atoms with Gasteiger partial charge in [-0.15, -0.1) is 0 Å². The maximum absolute atomic E-state index is 11.7. The Labute approximate surface area is 114 Å². The van der Waals surface area contributed by atoms with E-state index >= 15 is 0 Å². The molecule has 0 aromatic carbocycles. The van der Waals surface area contributed by atoms with E-state index in [2.05, 4.69) is 5.32 Å². The predicted octanol–water partition coefficient (Wildman–Crippen LogP) is 0.326. The van der Waals surface area contributed by atoms with E-state index in [0.717, 1.165) is 19.4 Å². The topological polar surface area (TPSA) is 78.9 Å². The van der Waals surface area contributed by atoms with Gasteiger partial charge in [-0.05, 0) is 32.7 Å². The SMILES string of the molecule is COCCCNC(=O)CN1CCCC(C)(C(=O)O)C1. The molecule has 0 aliphatic carbocycles.